The van der Waals surface area contributed by atoms with Gasteiger partial charge in [0.2, 0.25) is 0 Å². The molecule has 1 amide bonds. The van der Waals surface area contributed by atoms with E-state index >= 15 is 0 Å². The lowest BCUT2D eigenvalue weighted by atomic mass is 9.99. The molecular formula is C22H18N4O3. The Balaban J connectivity index is 1.54. The maximum absolute atomic E-state index is 13.1. The molecule has 0 unspecified atom stereocenters. The van der Waals surface area contributed by atoms with Crippen LogP contribution in [-0.4, -0.2) is 26.8 Å². The highest BCUT2D eigenvalue weighted by Gasteiger charge is 2.24. The van der Waals surface area contributed by atoms with Gasteiger partial charge in [-0.2, -0.15) is 0 Å². The zero-order valence-corrected chi connectivity index (χ0v) is 15.7. The molecule has 0 fully saturated rings. The van der Waals surface area contributed by atoms with Gasteiger partial charge in [-0.1, -0.05) is 41.6 Å². The summed E-state index contributed by atoms with van der Waals surface area (Å²) >= 11 is 0. The van der Waals surface area contributed by atoms with Gasteiger partial charge in [0, 0.05) is 36.3 Å². The molecule has 4 rings (SSSR count). The smallest absolute Gasteiger partial charge is 0.267 e. The van der Waals surface area contributed by atoms with Gasteiger partial charge >= 0.3 is 0 Å². The Morgan fingerprint density at radius 2 is 1.97 bits per heavy atom. The van der Waals surface area contributed by atoms with Crippen LogP contribution in [0.1, 0.15) is 37.7 Å². The van der Waals surface area contributed by atoms with Crippen molar-refractivity contribution in [1.82, 2.24) is 20.4 Å². The number of nitrogens with one attached hydrogen (secondary N) is 2. The van der Waals surface area contributed by atoms with Gasteiger partial charge in [-0.15, -0.1) is 0 Å². The second-order valence-corrected chi connectivity index (χ2v) is 6.50. The van der Waals surface area contributed by atoms with Crippen LogP contribution in [0.2, 0.25) is 0 Å². The number of carbonyl (C=O) groups is 2. The summed E-state index contributed by atoms with van der Waals surface area (Å²) in [5.74, 6) is -0.138. The summed E-state index contributed by atoms with van der Waals surface area (Å²) in [7, 11) is 0. The molecule has 3 aromatic heterocycles. The minimum absolute atomic E-state index is 0.259. The van der Waals surface area contributed by atoms with Crippen molar-refractivity contribution in [2.75, 3.05) is 0 Å². The predicted octanol–water partition coefficient (Wildman–Crippen LogP) is 3.53. The first-order valence-corrected chi connectivity index (χ1v) is 9.05. The first kappa shape index (κ1) is 18.4. The number of aryl methyl sites for hydroxylation is 1. The number of carbonyl (C=O) groups excluding carboxylic acids is 2. The fourth-order valence-electron chi connectivity index (χ4n) is 3.01. The number of amides is 1. The molecule has 2 N–H and O–H groups in total. The Hall–Kier alpha value is -4.00. The fraction of sp³-hybridized carbons (Fsp3) is 0.0909. The summed E-state index contributed by atoms with van der Waals surface area (Å²) in [5.41, 5.74) is 3.20. The molecular weight excluding hydrogens is 368 g/mol. The monoisotopic (exact) mass is 386 g/mol. The minimum Gasteiger partial charge on any atom is -0.360 e. The zero-order valence-electron chi connectivity index (χ0n) is 15.7. The molecule has 0 spiro atoms. The Morgan fingerprint density at radius 3 is 2.72 bits per heavy atom. The van der Waals surface area contributed by atoms with Crippen molar-refractivity contribution in [3.8, 4) is 11.3 Å². The number of rotatable bonds is 6. The molecule has 0 radical (unpaired) electrons. The number of aromatic amines is 1. The third-order valence-corrected chi connectivity index (χ3v) is 4.50. The third kappa shape index (κ3) is 3.84. The normalized spacial score (nSPS) is 10.7. The van der Waals surface area contributed by atoms with Crippen molar-refractivity contribution < 1.29 is 14.1 Å². The zero-order chi connectivity index (χ0) is 20.2. The number of nitrogens with zero attached hydrogens (tertiary/aromatic N) is 2. The summed E-state index contributed by atoms with van der Waals surface area (Å²) in [6.07, 6.45) is 4.87. The van der Waals surface area contributed by atoms with E-state index in [-0.39, 0.29) is 11.7 Å². The molecule has 29 heavy (non-hydrogen) atoms. The Kier molecular flexibility index (Phi) is 5.03. The number of hydrogen-bond acceptors (Lipinski definition) is 5. The lowest BCUT2D eigenvalue weighted by Crippen LogP contribution is -2.23. The van der Waals surface area contributed by atoms with Crippen molar-refractivity contribution >= 4 is 11.7 Å². The quantitative estimate of drug-likeness (QED) is 0.494. The van der Waals surface area contributed by atoms with Crippen LogP contribution in [0.25, 0.3) is 11.3 Å². The number of ketones is 1. The first-order valence-electron chi connectivity index (χ1n) is 9.05. The predicted molar refractivity (Wildman–Crippen MR) is 106 cm³/mol. The lowest BCUT2D eigenvalue weighted by molar-refractivity contribution is 0.0946. The van der Waals surface area contributed by atoms with Crippen molar-refractivity contribution in [2.45, 2.75) is 13.5 Å². The van der Waals surface area contributed by atoms with E-state index < -0.39 is 0 Å². The van der Waals surface area contributed by atoms with Crippen molar-refractivity contribution in [3.05, 3.63) is 95.3 Å². The number of H-pyrrole nitrogens is 1. The molecule has 0 saturated heterocycles. The van der Waals surface area contributed by atoms with Crippen molar-refractivity contribution in [2.24, 2.45) is 0 Å². The summed E-state index contributed by atoms with van der Waals surface area (Å²) < 4.78 is 5.27. The highest BCUT2D eigenvalue weighted by atomic mass is 16.5. The average molecular weight is 386 g/mol. The van der Waals surface area contributed by atoms with E-state index in [1.165, 1.54) is 12.3 Å². The van der Waals surface area contributed by atoms with Crippen LogP contribution in [0.15, 0.2) is 71.6 Å². The molecule has 144 valence electrons. The second-order valence-electron chi connectivity index (χ2n) is 6.50. The summed E-state index contributed by atoms with van der Waals surface area (Å²) in [4.78, 5) is 32.3. The SMILES string of the molecule is Cc1onc(-c2ccccc2)c1C(=O)c1c[nH]c(C(=O)NCc2cccnc2)c1. The summed E-state index contributed by atoms with van der Waals surface area (Å²) in [6.45, 7) is 2.04. The second kappa shape index (κ2) is 7.93. The number of hydrogen-bond donors (Lipinski definition) is 2. The van der Waals surface area contributed by atoms with Crippen LogP contribution in [0.5, 0.6) is 0 Å². The number of aromatic nitrogens is 3. The summed E-state index contributed by atoms with van der Waals surface area (Å²) in [5, 5.41) is 6.84. The van der Waals surface area contributed by atoms with Crippen LogP contribution in [0, 0.1) is 6.92 Å². The number of pyridine rings is 1. The topological polar surface area (TPSA) is 101 Å². The van der Waals surface area contributed by atoms with E-state index in [0.29, 0.717) is 34.8 Å². The molecule has 1 aromatic carbocycles. The highest BCUT2D eigenvalue weighted by Crippen LogP contribution is 2.27. The van der Waals surface area contributed by atoms with Crippen LogP contribution in [0.4, 0.5) is 0 Å². The Morgan fingerprint density at radius 1 is 1.14 bits per heavy atom. The molecule has 3 heterocycles. The van der Waals surface area contributed by atoms with Gasteiger partial charge in [0.05, 0.1) is 5.56 Å². The van der Waals surface area contributed by atoms with Crippen LogP contribution in [0.3, 0.4) is 0 Å². The maximum atomic E-state index is 13.1. The van der Waals surface area contributed by atoms with Crippen LogP contribution in [-0.2, 0) is 6.54 Å². The van der Waals surface area contributed by atoms with E-state index in [0.717, 1.165) is 11.1 Å². The molecule has 7 nitrogen and oxygen atoms in total. The molecule has 0 aliphatic carbocycles. The van der Waals surface area contributed by atoms with Crippen molar-refractivity contribution in [3.63, 3.8) is 0 Å². The molecule has 0 bridgehead atoms. The van der Waals surface area contributed by atoms with Gasteiger partial charge in [-0.05, 0) is 24.6 Å². The van der Waals surface area contributed by atoms with E-state index in [4.69, 9.17) is 4.52 Å². The molecule has 0 aliphatic rings. The van der Waals surface area contributed by atoms with E-state index in [1.807, 2.05) is 36.4 Å². The Labute approximate surface area is 166 Å². The van der Waals surface area contributed by atoms with E-state index in [9.17, 15) is 9.59 Å². The third-order valence-electron chi connectivity index (χ3n) is 4.50. The van der Waals surface area contributed by atoms with Gasteiger partial charge in [0.25, 0.3) is 5.91 Å². The molecule has 0 aliphatic heterocycles. The number of benzene rings is 1. The van der Waals surface area contributed by atoms with Gasteiger partial charge < -0.3 is 14.8 Å². The van der Waals surface area contributed by atoms with Crippen LogP contribution >= 0.6 is 0 Å². The fourth-order valence-corrected chi connectivity index (χ4v) is 3.01. The Bertz CT molecular complexity index is 1150. The molecule has 0 saturated carbocycles. The summed E-state index contributed by atoms with van der Waals surface area (Å²) in [6, 6.07) is 14.6. The van der Waals surface area contributed by atoms with E-state index in [2.05, 4.69) is 20.4 Å². The van der Waals surface area contributed by atoms with Gasteiger partial charge in [0.15, 0.2) is 5.78 Å². The average Bonchev–Trinajstić information content (AvgIpc) is 3.40. The first-order chi connectivity index (χ1) is 14.1. The molecule has 0 atom stereocenters. The minimum atomic E-state index is -0.307. The van der Waals surface area contributed by atoms with E-state index in [1.54, 1.807) is 25.4 Å². The standard InChI is InChI=1S/C22H18N4O3/c1-14-19(20(26-29-14)16-7-3-2-4-8-16)21(27)17-10-18(24-13-17)22(28)25-12-15-6-5-9-23-11-15/h2-11,13,24H,12H2,1H3,(H,25,28). The van der Waals surface area contributed by atoms with Gasteiger partial charge in [-0.25, -0.2) is 0 Å². The maximum Gasteiger partial charge on any atom is 0.267 e. The van der Waals surface area contributed by atoms with Gasteiger partial charge in [0.1, 0.15) is 17.1 Å². The highest BCUT2D eigenvalue weighted by molar-refractivity contribution is 6.13. The molecule has 4 aromatic rings. The van der Waals surface area contributed by atoms with Crippen LogP contribution < -0.4 is 5.32 Å². The lowest BCUT2D eigenvalue weighted by Gasteiger charge is -2.03. The molecule has 7 heteroatoms. The van der Waals surface area contributed by atoms with Crippen molar-refractivity contribution in [1.29, 1.82) is 0 Å². The van der Waals surface area contributed by atoms with Gasteiger partial charge in [-0.3, -0.25) is 14.6 Å². The largest absolute Gasteiger partial charge is 0.360 e.